The number of pyridine rings is 1. The van der Waals surface area contributed by atoms with Crippen LogP contribution >= 0.6 is 11.6 Å². The van der Waals surface area contributed by atoms with E-state index >= 15 is 4.39 Å². The number of carbonyl (C=O) groups excluding carboxylic acids is 1. The monoisotopic (exact) mass is 455 g/mol. The van der Waals surface area contributed by atoms with Crippen LogP contribution in [0.5, 0.6) is 0 Å². The van der Waals surface area contributed by atoms with Gasteiger partial charge in [0.2, 0.25) is 11.9 Å². The van der Waals surface area contributed by atoms with Crippen molar-refractivity contribution in [2.24, 2.45) is 0 Å². The third-order valence-corrected chi connectivity index (χ3v) is 5.73. The lowest BCUT2D eigenvalue weighted by Crippen LogP contribution is -2.31. The standard InChI is InChI=1S/C23H23ClFN5O2/c1-14(6-10-31)28-23-27-8-4-19(29-23)17-11-15-5-9-30(21(15)18(25)12-17)20(32)13-16-3-2-7-26-22(16)24/h2-4,7-8,11-12,14,31H,5-6,9-10,13H2,1H3,(H,27,28,29). The van der Waals surface area contributed by atoms with Crippen molar-refractivity contribution in [1.29, 1.82) is 0 Å². The van der Waals surface area contributed by atoms with Crippen LogP contribution in [0.25, 0.3) is 11.3 Å². The van der Waals surface area contributed by atoms with Gasteiger partial charge in [-0.3, -0.25) is 4.79 Å². The van der Waals surface area contributed by atoms with E-state index in [4.69, 9.17) is 16.7 Å². The zero-order valence-electron chi connectivity index (χ0n) is 17.6. The molecule has 4 rings (SSSR count). The van der Waals surface area contributed by atoms with E-state index in [-0.39, 0.29) is 30.1 Å². The molecule has 0 radical (unpaired) electrons. The maximum absolute atomic E-state index is 15.2. The van der Waals surface area contributed by atoms with E-state index in [1.807, 2.05) is 13.0 Å². The number of hydrogen-bond donors (Lipinski definition) is 2. The predicted molar refractivity (Wildman–Crippen MR) is 121 cm³/mol. The second-order valence-corrected chi connectivity index (χ2v) is 8.07. The highest BCUT2D eigenvalue weighted by Crippen LogP contribution is 2.35. The van der Waals surface area contributed by atoms with Gasteiger partial charge in [0.05, 0.1) is 17.8 Å². The second kappa shape index (κ2) is 9.58. The first-order valence-corrected chi connectivity index (χ1v) is 10.8. The van der Waals surface area contributed by atoms with Crippen LogP contribution in [0, 0.1) is 5.82 Å². The maximum atomic E-state index is 15.2. The van der Waals surface area contributed by atoms with Gasteiger partial charge in [0.25, 0.3) is 0 Å². The smallest absolute Gasteiger partial charge is 0.231 e. The van der Waals surface area contributed by atoms with Crippen molar-refractivity contribution in [3.05, 3.63) is 64.8 Å². The molecule has 0 bridgehead atoms. The molecule has 1 atom stereocenters. The molecule has 2 N–H and O–H groups in total. The molecule has 0 saturated carbocycles. The molecule has 3 heterocycles. The number of fused-ring (bicyclic) bond motifs is 1. The Morgan fingerprint density at radius 1 is 1.31 bits per heavy atom. The van der Waals surface area contributed by atoms with Crippen LogP contribution in [0.1, 0.15) is 24.5 Å². The van der Waals surface area contributed by atoms with Crippen LogP contribution in [0.2, 0.25) is 5.15 Å². The van der Waals surface area contributed by atoms with E-state index in [1.165, 1.54) is 11.0 Å². The predicted octanol–water partition coefficient (Wildman–Crippen LogP) is 3.65. The maximum Gasteiger partial charge on any atom is 0.231 e. The van der Waals surface area contributed by atoms with Crippen molar-refractivity contribution >= 4 is 29.1 Å². The normalized spacial score (nSPS) is 13.7. The fourth-order valence-electron chi connectivity index (χ4n) is 3.77. The summed E-state index contributed by atoms with van der Waals surface area (Å²) in [5.74, 6) is -0.284. The largest absolute Gasteiger partial charge is 0.396 e. The Labute approximate surface area is 190 Å². The molecule has 1 aliphatic rings. The number of nitrogens with one attached hydrogen (secondary N) is 1. The summed E-state index contributed by atoms with van der Waals surface area (Å²) in [6, 6.07) is 8.43. The summed E-state index contributed by atoms with van der Waals surface area (Å²) in [7, 11) is 0. The third-order valence-electron chi connectivity index (χ3n) is 5.39. The quantitative estimate of drug-likeness (QED) is 0.528. The van der Waals surface area contributed by atoms with Crippen molar-refractivity contribution < 1.29 is 14.3 Å². The number of halogens is 2. The van der Waals surface area contributed by atoms with Crippen LogP contribution < -0.4 is 10.2 Å². The van der Waals surface area contributed by atoms with E-state index in [0.29, 0.717) is 47.8 Å². The van der Waals surface area contributed by atoms with Gasteiger partial charge in [0.15, 0.2) is 0 Å². The number of aromatic nitrogens is 3. The van der Waals surface area contributed by atoms with E-state index < -0.39 is 5.82 Å². The molecule has 2 aromatic heterocycles. The fourth-order valence-corrected chi connectivity index (χ4v) is 3.96. The van der Waals surface area contributed by atoms with Crippen LogP contribution in [-0.2, 0) is 17.6 Å². The van der Waals surface area contributed by atoms with E-state index in [1.54, 1.807) is 30.6 Å². The zero-order valence-corrected chi connectivity index (χ0v) is 18.3. The minimum Gasteiger partial charge on any atom is -0.396 e. The molecule has 1 amide bonds. The topological polar surface area (TPSA) is 91.2 Å². The van der Waals surface area contributed by atoms with Gasteiger partial charge in [-0.05, 0) is 55.2 Å². The number of hydrogen-bond acceptors (Lipinski definition) is 6. The van der Waals surface area contributed by atoms with Crippen LogP contribution in [-0.4, -0.2) is 45.2 Å². The first-order valence-electron chi connectivity index (χ1n) is 10.4. The first kappa shape index (κ1) is 22.1. The van der Waals surface area contributed by atoms with Gasteiger partial charge in [-0.25, -0.2) is 19.3 Å². The highest BCUT2D eigenvalue weighted by Gasteiger charge is 2.29. The molecule has 0 saturated heterocycles. The molecule has 1 aliphatic heterocycles. The third kappa shape index (κ3) is 4.71. The Kier molecular flexibility index (Phi) is 6.62. The molecule has 9 heteroatoms. The Morgan fingerprint density at radius 2 is 2.16 bits per heavy atom. The van der Waals surface area contributed by atoms with Crippen molar-refractivity contribution in [2.45, 2.75) is 32.2 Å². The van der Waals surface area contributed by atoms with E-state index in [0.717, 1.165) is 5.56 Å². The van der Waals surface area contributed by atoms with Gasteiger partial charge in [-0.15, -0.1) is 0 Å². The number of aliphatic hydroxyl groups is 1. The molecular formula is C23H23ClFN5O2. The molecule has 0 spiro atoms. The van der Waals surface area contributed by atoms with Crippen LogP contribution in [0.3, 0.4) is 0 Å². The SMILES string of the molecule is CC(CCO)Nc1nccc(-c2cc(F)c3c(c2)CCN3C(=O)Cc2cccnc2Cl)n1. The van der Waals surface area contributed by atoms with Crippen molar-refractivity contribution in [2.75, 3.05) is 23.4 Å². The number of nitrogens with zero attached hydrogens (tertiary/aromatic N) is 4. The van der Waals surface area contributed by atoms with Gasteiger partial charge < -0.3 is 15.3 Å². The highest BCUT2D eigenvalue weighted by atomic mass is 35.5. The van der Waals surface area contributed by atoms with Gasteiger partial charge >= 0.3 is 0 Å². The second-order valence-electron chi connectivity index (χ2n) is 7.71. The number of carbonyl (C=O) groups is 1. The summed E-state index contributed by atoms with van der Waals surface area (Å²) in [6.45, 7) is 2.39. The molecule has 7 nitrogen and oxygen atoms in total. The van der Waals surface area contributed by atoms with Gasteiger partial charge in [-0.1, -0.05) is 17.7 Å². The summed E-state index contributed by atoms with van der Waals surface area (Å²) < 4.78 is 15.2. The number of benzene rings is 1. The van der Waals surface area contributed by atoms with Crippen molar-refractivity contribution in [3.8, 4) is 11.3 Å². The van der Waals surface area contributed by atoms with Crippen LogP contribution in [0.4, 0.5) is 16.0 Å². The minimum atomic E-state index is -0.470. The van der Waals surface area contributed by atoms with Gasteiger partial charge in [0, 0.05) is 37.2 Å². The molecule has 32 heavy (non-hydrogen) atoms. The summed E-state index contributed by atoms with van der Waals surface area (Å²) in [4.78, 5) is 27.0. The first-order chi connectivity index (χ1) is 15.5. The Hall–Kier alpha value is -3.10. The molecular weight excluding hydrogens is 433 g/mol. The zero-order chi connectivity index (χ0) is 22.7. The Morgan fingerprint density at radius 3 is 2.94 bits per heavy atom. The average molecular weight is 456 g/mol. The average Bonchev–Trinajstić information content (AvgIpc) is 3.20. The summed E-state index contributed by atoms with van der Waals surface area (Å²) in [5.41, 5.74) is 2.87. The fraction of sp³-hybridized carbons (Fsp3) is 0.304. The molecule has 0 fully saturated rings. The number of anilines is 2. The Balaban J connectivity index is 1.57. The lowest BCUT2D eigenvalue weighted by Gasteiger charge is -2.19. The van der Waals surface area contributed by atoms with E-state index in [2.05, 4.69) is 20.3 Å². The summed E-state index contributed by atoms with van der Waals surface area (Å²) >= 11 is 6.07. The van der Waals surface area contributed by atoms with Crippen molar-refractivity contribution in [3.63, 3.8) is 0 Å². The van der Waals surface area contributed by atoms with Crippen molar-refractivity contribution in [1.82, 2.24) is 15.0 Å². The lowest BCUT2D eigenvalue weighted by atomic mass is 10.0. The van der Waals surface area contributed by atoms with E-state index in [9.17, 15) is 4.79 Å². The molecule has 166 valence electrons. The minimum absolute atomic E-state index is 0.0000970. The lowest BCUT2D eigenvalue weighted by molar-refractivity contribution is -0.117. The molecule has 3 aromatic rings. The number of rotatable bonds is 7. The van der Waals surface area contributed by atoms with Gasteiger partial charge in [-0.2, -0.15) is 0 Å². The molecule has 1 unspecified atom stereocenters. The Bertz CT molecular complexity index is 1140. The highest BCUT2D eigenvalue weighted by molar-refractivity contribution is 6.30. The van der Waals surface area contributed by atoms with Crippen LogP contribution in [0.15, 0.2) is 42.7 Å². The molecule has 1 aromatic carbocycles. The number of aliphatic hydroxyl groups excluding tert-OH is 1. The van der Waals surface area contributed by atoms with Gasteiger partial charge in [0.1, 0.15) is 11.0 Å². The number of amides is 1. The summed E-state index contributed by atoms with van der Waals surface area (Å²) in [5, 5.41) is 12.5. The summed E-state index contributed by atoms with van der Waals surface area (Å²) in [6.07, 6.45) is 4.34. The molecule has 0 aliphatic carbocycles.